The van der Waals surface area contributed by atoms with Crippen molar-refractivity contribution >= 4 is 5.97 Å². The van der Waals surface area contributed by atoms with Gasteiger partial charge < -0.3 is 9.84 Å². The van der Waals surface area contributed by atoms with Crippen LogP contribution in [0.15, 0.2) is 23.8 Å². The summed E-state index contributed by atoms with van der Waals surface area (Å²) in [5.74, 6) is -0.374. The molecule has 1 atom stereocenters. The van der Waals surface area contributed by atoms with E-state index in [4.69, 9.17) is 4.74 Å². The maximum absolute atomic E-state index is 11.5. The Bertz CT molecular complexity index is 300. The summed E-state index contributed by atoms with van der Waals surface area (Å²) in [6, 6.07) is 0. The number of rotatable bonds is 2. The van der Waals surface area contributed by atoms with Gasteiger partial charge in [0.05, 0.1) is 13.2 Å². The van der Waals surface area contributed by atoms with E-state index in [2.05, 4.69) is 6.58 Å². The molecule has 3 nitrogen and oxygen atoms in total. The zero-order valence-electron chi connectivity index (χ0n) is 8.83. The van der Waals surface area contributed by atoms with Crippen LogP contribution in [-0.2, 0) is 9.53 Å². The molecule has 1 N–H and O–H groups in total. The summed E-state index contributed by atoms with van der Waals surface area (Å²) >= 11 is 0. The molecule has 1 aliphatic carbocycles. The van der Waals surface area contributed by atoms with Crippen LogP contribution in [0, 0.1) is 5.41 Å². The molecule has 0 radical (unpaired) electrons. The van der Waals surface area contributed by atoms with Crippen LogP contribution in [0.5, 0.6) is 0 Å². The molecule has 0 saturated carbocycles. The highest BCUT2D eigenvalue weighted by Gasteiger charge is 2.41. The van der Waals surface area contributed by atoms with E-state index >= 15 is 0 Å². The molecule has 0 amide bonds. The van der Waals surface area contributed by atoms with E-state index in [-0.39, 0.29) is 11.4 Å². The lowest BCUT2D eigenvalue weighted by Crippen LogP contribution is -2.19. The fourth-order valence-electron chi connectivity index (χ4n) is 1.99. The van der Waals surface area contributed by atoms with Crippen molar-refractivity contribution in [3.05, 3.63) is 23.8 Å². The molecule has 0 aliphatic heterocycles. The zero-order valence-corrected chi connectivity index (χ0v) is 8.83. The molecule has 0 spiro atoms. The van der Waals surface area contributed by atoms with Crippen LogP contribution in [0.1, 0.15) is 20.3 Å². The highest BCUT2D eigenvalue weighted by molar-refractivity contribution is 5.92. The second kappa shape index (κ2) is 3.58. The maximum Gasteiger partial charge on any atom is 0.334 e. The first-order valence-electron chi connectivity index (χ1n) is 4.57. The van der Waals surface area contributed by atoms with E-state index in [0.717, 1.165) is 0 Å². The molecule has 0 heterocycles. The van der Waals surface area contributed by atoms with Crippen molar-refractivity contribution in [1.82, 2.24) is 0 Å². The Hall–Kier alpha value is -1.09. The van der Waals surface area contributed by atoms with Crippen molar-refractivity contribution in [3.8, 4) is 0 Å². The van der Waals surface area contributed by atoms with Gasteiger partial charge in [-0.15, -0.1) is 0 Å². The van der Waals surface area contributed by atoms with Gasteiger partial charge in [-0.05, 0) is 17.4 Å². The average molecular weight is 196 g/mol. The number of esters is 1. The molecule has 0 bridgehead atoms. The van der Waals surface area contributed by atoms with E-state index in [1.807, 2.05) is 13.8 Å². The van der Waals surface area contributed by atoms with E-state index < -0.39 is 6.10 Å². The highest BCUT2D eigenvalue weighted by Crippen LogP contribution is 2.43. The standard InChI is InChI=1S/C11H16O3/c1-5-7-8(12)6-11(2,3)9(7)10(13)14-4/h5,8,12H,1,6H2,2-4H3. The molecule has 1 aliphatic rings. The lowest BCUT2D eigenvalue weighted by atomic mass is 9.85. The Balaban J connectivity index is 3.21. The summed E-state index contributed by atoms with van der Waals surface area (Å²) < 4.78 is 4.69. The Morgan fingerprint density at radius 2 is 2.29 bits per heavy atom. The Labute approximate surface area is 84.1 Å². The van der Waals surface area contributed by atoms with Crippen molar-refractivity contribution in [2.24, 2.45) is 5.41 Å². The van der Waals surface area contributed by atoms with Crippen molar-refractivity contribution in [2.75, 3.05) is 7.11 Å². The molecular formula is C11H16O3. The van der Waals surface area contributed by atoms with Crippen LogP contribution < -0.4 is 0 Å². The number of carbonyl (C=O) groups excluding carboxylic acids is 1. The molecule has 78 valence electrons. The van der Waals surface area contributed by atoms with Gasteiger partial charge in [0, 0.05) is 5.57 Å². The van der Waals surface area contributed by atoms with Crippen LogP contribution in [0.2, 0.25) is 0 Å². The van der Waals surface area contributed by atoms with Gasteiger partial charge in [0.15, 0.2) is 0 Å². The molecule has 1 unspecified atom stereocenters. The summed E-state index contributed by atoms with van der Waals surface area (Å²) in [5, 5.41) is 9.70. The number of hydrogen-bond donors (Lipinski definition) is 1. The Kier molecular flexibility index (Phi) is 2.81. The van der Waals surface area contributed by atoms with Crippen LogP contribution in [0.4, 0.5) is 0 Å². The van der Waals surface area contributed by atoms with Crippen LogP contribution in [0.25, 0.3) is 0 Å². The van der Waals surface area contributed by atoms with E-state index in [1.54, 1.807) is 0 Å². The van der Waals surface area contributed by atoms with Gasteiger partial charge in [-0.2, -0.15) is 0 Å². The minimum absolute atomic E-state index is 0.337. The van der Waals surface area contributed by atoms with Gasteiger partial charge in [-0.1, -0.05) is 26.5 Å². The summed E-state index contributed by atoms with van der Waals surface area (Å²) in [7, 11) is 1.34. The Morgan fingerprint density at radius 1 is 1.71 bits per heavy atom. The van der Waals surface area contributed by atoms with E-state index in [1.165, 1.54) is 13.2 Å². The van der Waals surface area contributed by atoms with Crippen molar-refractivity contribution in [3.63, 3.8) is 0 Å². The molecule has 0 aromatic carbocycles. The first kappa shape index (κ1) is 11.0. The second-order valence-electron chi connectivity index (χ2n) is 4.13. The van der Waals surface area contributed by atoms with Gasteiger partial charge in [0.25, 0.3) is 0 Å². The van der Waals surface area contributed by atoms with E-state index in [9.17, 15) is 9.90 Å². The topological polar surface area (TPSA) is 46.5 Å². The quantitative estimate of drug-likeness (QED) is 0.680. The van der Waals surface area contributed by atoms with Crippen LogP contribution >= 0.6 is 0 Å². The highest BCUT2D eigenvalue weighted by atomic mass is 16.5. The first-order chi connectivity index (χ1) is 6.44. The van der Waals surface area contributed by atoms with Gasteiger partial charge in [-0.3, -0.25) is 0 Å². The van der Waals surface area contributed by atoms with Crippen molar-refractivity contribution < 1.29 is 14.6 Å². The minimum atomic E-state index is -0.600. The number of hydrogen-bond acceptors (Lipinski definition) is 3. The first-order valence-corrected chi connectivity index (χ1v) is 4.57. The number of carbonyl (C=O) groups is 1. The number of aliphatic hydroxyl groups excluding tert-OH is 1. The fraction of sp³-hybridized carbons (Fsp3) is 0.545. The van der Waals surface area contributed by atoms with Crippen molar-refractivity contribution in [2.45, 2.75) is 26.4 Å². The summed E-state index contributed by atoms with van der Waals surface area (Å²) in [5.41, 5.74) is 0.806. The molecule has 1 rings (SSSR count). The van der Waals surface area contributed by atoms with Crippen LogP contribution in [0.3, 0.4) is 0 Å². The lowest BCUT2D eigenvalue weighted by Gasteiger charge is -2.20. The predicted octanol–water partition coefficient (Wildman–Crippen LogP) is 1.43. The third-order valence-corrected chi connectivity index (χ3v) is 2.64. The van der Waals surface area contributed by atoms with Gasteiger partial charge in [0.2, 0.25) is 0 Å². The molecule has 3 heteroatoms. The third-order valence-electron chi connectivity index (χ3n) is 2.64. The van der Waals surface area contributed by atoms with Gasteiger partial charge >= 0.3 is 5.97 Å². The number of ether oxygens (including phenoxy) is 1. The molecular weight excluding hydrogens is 180 g/mol. The SMILES string of the molecule is C=CC1=C(C(=O)OC)C(C)(C)CC1O. The lowest BCUT2D eigenvalue weighted by molar-refractivity contribution is -0.137. The second-order valence-corrected chi connectivity index (χ2v) is 4.13. The maximum atomic E-state index is 11.5. The third kappa shape index (κ3) is 1.60. The molecule has 0 aromatic heterocycles. The van der Waals surface area contributed by atoms with E-state index in [0.29, 0.717) is 17.6 Å². The summed E-state index contributed by atoms with van der Waals surface area (Å²) in [6.07, 6.45) is 1.47. The fourth-order valence-corrected chi connectivity index (χ4v) is 1.99. The largest absolute Gasteiger partial charge is 0.466 e. The van der Waals surface area contributed by atoms with Crippen molar-refractivity contribution in [1.29, 1.82) is 0 Å². The van der Waals surface area contributed by atoms with Gasteiger partial charge in [0.1, 0.15) is 0 Å². The zero-order chi connectivity index (χ0) is 10.9. The summed E-state index contributed by atoms with van der Waals surface area (Å²) in [6.45, 7) is 7.43. The summed E-state index contributed by atoms with van der Waals surface area (Å²) in [4.78, 5) is 11.5. The predicted molar refractivity (Wildman–Crippen MR) is 53.6 cm³/mol. The molecule has 0 fully saturated rings. The molecule has 14 heavy (non-hydrogen) atoms. The minimum Gasteiger partial charge on any atom is -0.466 e. The normalized spacial score (nSPS) is 25.0. The van der Waals surface area contributed by atoms with Gasteiger partial charge in [-0.25, -0.2) is 4.79 Å². The smallest absolute Gasteiger partial charge is 0.334 e. The monoisotopic (exact) mass is 196 g/mol. The molecule has 0 aromatic rings. The average Bonchev–Trinajstić information content (AvgIpc) is 2.33. The number of methoxy groups -OCH3 is 1. The Morgan fingerprint density at radius 3 is 2.71 bits per heavy atom. The molecule has 0 saturated heterocycles. The number of aliphatic hydroxyl groups is 1. The van der Waals surface area contributed by atoms with Crippen LogP contribution in [-0.4, -0.2) is 24.3 Å².